The van der Waals surface area contributed by atoms with Gasteiger partial charge >= 0.3 is 0 Å². The number of benzene rings is 1. The van der Waals surface area contributed by atoms with E-state index < -0.39 is 0 Å². The predicted molar refractivity (Wildman–Crippen MR) is 113 cm³/mol. The van der Waals surface area contributed by atoms with Crippen LogP contribution < -0.4 is 5.73 Å². The van der Waals surface area contributed by atoms with Crippen LogP contribution in [-0.4, -0.2) is 21.9 Å². The SMILES string of the molecule is CC1(C)c2nc(-c3ccc(F)cc3)c(CC3CCCCC3)n2CCC1C(=O)CN. The summed E-state index contributed by atoms with van der Waals surface area (Å²) in [4.78, 5) is 17.6. The summed E-state index contributed by atoms with van der Waals surface area (Å²) in [5.74, 6) is 1.42. The van der Waals surface area contributed by atoms with Crippen molar-refractivity contribution in [2.75, 3.05) is 6.54 Å². The van der Waals surface area contributed by atoms with E-state index >= 15 is 0 Å². The number of rotatable bonds is 5. The third-order valence-electron chi connectivity index (χ3n) is 7.08. The Hall–Kier alpha value is -2.01. The van der Waals surface area contributed by atoms with Crippen molar-refractivity contribution in [2.24, 2.45) is 17.6 Å². The van der Waals surface area contributed by atoms with Crippen LogP contribution in [0.2, 0.25) is 0 Å². The van der Waals surface area contributed by atoms with E-state index in [0.29, 0.717) is 5.92 Å². The van der Waals surface area contributed by atoms with E-state index in [2.05, 4.69) is 18.4 Å². The highest BCUT2D eigenvalue weighted by Gasteiger charge is 2.43. The number of aromatic nitrogens is 2. The average Bonchev–Trinajstić information content (AvgIpc) is 3.08. The third kappa shape index (κ3) is 3.77. The molecule has 0 radical (unpaired) electrons. The topological polar surface area (TPSA) is 60.9 Å². The normalized spacial score (nSPS) is 21.7. The lowest BCUT2D eigenvalue weighted by atomic mass is 9.72. The minimum atomic E-state index is -0.367. The number of nitrogens with zero attached hydrogens (tertiary/aromatic N) is 2. The molecule has 2 aromatic rings. The Morgan fingerprint density at radius 2 is 1.86 bits per heavy atom. The lowest BCUT2D eigenvalue weighted by Crippen LogP contribution is -2.44. The van der Waals surface area contributed by atoms with Gasteiger partial charge < -0.3 is 10.3 Å². The van der Waals surface area contributed by atoms with Crippen molar-refractivity contribution in [2.45, 2.75) is 70.8 Å². The van der Waals surface area contributed by atoms with Crippen molar-refractivity contribution in [1.29, 1.82) is 0 Å². The molecular formula is C24H32FN3O. The minimum Gasteiger partial charge on any atom is -0.331 e. The number of imidazole rings is 1. The Bertz CT molecular complexity index is 878. The largest absolute Gasteiger partial charge is 0.331 e. The van der Waals surface area contributed by atoms with Crippen molar-refractivity contribution in [3.8, 4) is 11.3 Å². The molecule has 5 heteroatoms. The van der Waals surface area contributed by atoms with Crippen LogP contribution in [0, 0.1) is 17.7 Å². The summed E-state index contributed by atoms with van der Waals surface area (Å²) in [5, 5.41) is 0. The molecule has 4 rings (SSSR count). The molecule has 0 spiro atoms. The number of carbonyl (C=O) groups excluding carboxylic acids is 1. The van der Waals surface area contributed by atoms with Crippen molar-refractivity contribution in [3.63, 3.8) is 0 Å². The van der Waals surface area contributed by atoms with E-state index in [1.54, 1.807) is 0 Å². The van der Waals surface area contributed by atoms with Crippen molar-refractivity contribution >= 4 is 5.78 Å². The van der Waals surface area contributed by atoms with Crippen molar-refractivity contribution < 1.29 is 9.18 Å². The van der Waals surface area contributed by atoms with E-state index in [-0.39, 0.29) is 29.5 Å². The number of hydrogen-bond acceptors (Lipinski definition) is 3. The second-order valence-corrected chi connectivity index (χ2v) is 9.33. The number of hydrogen-bond donors (Lipinski definition) is 1. The molecule has 4 nitrogen and oxygen atoms in total. The number of nitrogens with two attached hydrogens (primary N) is 1. The molecule has 1 saturated carbocycles. The Labute approximate surface area is 172 Å². The molecule has 1 aromatic heterocycles. The zero-order valence-corrected chi connectivity index (χ0v) is 17.6. The fourth-order valence-electron chi connectivity index (χ4n) is 5.41. The molecule has 1 atom stereocenters. The molecule has 1 aromatic carbocycles. The number of ketones is 1. The summed E-state index contributed by atoms with van der Waals surface area (Å²) in [6, 6.07) is 6.65. The number of fused-ring (bicyclic) bond motifs is 1. The van der Waals surface area contributed by atoms with Crippen LogP contribution in [0.5, 0.6) is 0 Å². The molecule has 156 valence electrons. The molecule has 0 bridgehead atoms. The molecule has 1 aliphatic heterocycles. The van der Waals surface area contributed by atoms with Crippen LogP contribution in [0.25, 0.3) is 11.3 Å². The highest BCUT2D eigenvalue weighted by atomic mass is 19.1. The van der Waals surface area contributed by atoms with Gasteiger partial charge in [-0.1, -0.05) is 46.0 Å². The molecule has 2 heterocycles. The van der Waals surface area contributed by atoms with Gasteiger partial charge in [0.2, 0.25) is 0 Å². The molecule has 2 aliphatic rings. The summed E-state index contributed by atoms with van der Waals surface area (Å²) in [5.41, 5.74) is 8.50. The Kier molecular flexibility index (Phi) is 5.60. The number of Topliss-reactive ketones (excluding diaryl/α,β-unsaturated/α-hetero) is 1. The highest BCUT2D eigenvalue weighted by Crippen LogP contribution is 2.42. The summed E-state index contributed by atoms with van der Waals surface area (Å²) in [6.45, 7) is 5.10. The summed E-state index contributed by atoms with van der Waals surface area (Å²) in [7, 11) is 0. The fourth-order valence-corrected chi connectivity index (χ4v) is 5.41. The summed E-state index contributed by atoms with van der Waals surface area (Å²) in [6.07, 6.45) is 8.27. The zero-order chi connectivity index (χ0) is 20.6. The Morgan fingerprint density at radius 3 is 2.52 bits per heavy atom. The minimum absolute atomic E-state index is 0.0779. The van der Waals surface area contributed by atoms with Gasteiger partial charge in [0.05, 0.1) is 12.2 Å². The van der Waals surface area contributed by atoms with Crippen LogP contribution in [0.4, 0.5) is 4.39 Å². The maximum atomic E-state index is 13.5. The van der Waals surface area contributed by atoms with E-state index in [4.69, 9.17) is 10.7 Å². The number of carbonyl (C=O) groups is 1. The predicted octanol–water partition coefficient (Wildman–Crippen LogP) is 4.64. The Balaban J connectivity index is 1.79. The molecule has 1 aliphatic carbocycles. The Morgan fingerprint density at radius 1 is 1.17 bits per heavy atom. The monoisotopic (exact) mass is 397 g/mol. The lowest BCUT2D eigenvalue weighted by molar-refractivity contribution is -0.124. The van der Waals surface area contributed by atoms with Gasteiger partial charge in [-0.05, 0) is 43.0 Å². The first kappa shape index (κ1) is 20.3. The first-order chi connectivity index (χ1) is 13.9. The lowest BCUT2D eigenvalue weighted by Gasteiger charge is -2.38. The highest BCUT2D eigenvalue weighted by molar-refractivity contribution is 5.84. The quantitative estimate of drug-likeness (QED) is 0.800. The average molecular weight is 398 g/mol. The van der Waals surface area contributed by atoms with Gasteiger partial charge in [0.15, 0.2) is 5.78 Å². The van der Waals surface area contributed by atoms with Gasteiger partial charge in [-0.3, -0.25) is 4.79 Å². The fraction of sp³-hybridized carbons (Fsp3) is 0.583. The van der Waals surface area contributed by atoms with E-state index in [9.17, 15) is 9.18 Å². The smallest absolute Gasteiger partial charge is 0.150 e. The third-order valence-corrected chi connectivity index (χ3v) is 7.08. The van der Waals surface area contributed by atoms with Crippen LogP contribution in [0.1, 0.15) is 63.9 Å². The standard InChI is InChI=1S/C24H32FN3O/c1-24(2)19(21(29)15-26)12-13-28-20(14-16-6-4-3-5-7-16)22(27-23(24)28)17-8-10-18(25)11-9-17/h8-11,16,19H,3-7,12-15,26H2,1-2H3. The zero-order valence-electron chi connectivity index (χ0n) is 17.6. The maximum Gasteiger partial charge on any atom is 0.150 e. The van der Waals surface area contributed by atoms with Crippen LogP contribution in [-0.2, 0) is 23.2 Å². The van der Waals surface area contributed by atoms with E-state index in [0.717, 1.165) is 36.5 Å². The molecule has 2 N–H and O–H groups in total. The van der Waals surface area contributed by atoms with Gasteiger partial charge in [-0.25, -0.2) is 9.37 Å². The van der Waals surface area contributed by atoms with E-state index in [1.165, 1.54) is 49.9 Å². The van der Waals surface area contributed by atoms with Crippen molar-refractivity contribution in [1.82, 2.24) is 9.55 Å². The second kappa shape index (κ2) is 8.02. The number of halogens is 1. The van der Waals surface area contributed by atoms with Crippen LogP contribution in [0.3, 0.4) is 0 Å². The summed E-state index contributed by atoms with van der Waals surface area (Å²) < 4.78 is 15.9. The molecule has 29 heavy (non-hydrogen) atoms. The second-order valence-electron chi connectivity index (χ2n) is 9.33. The first-order valence-corrected chi connectivity index (χ1v) is 11.0. The van der Waals surface area contributed by atoms with E-state index in [1.807, 2.05) is 12.1 Å². The van der Waals surface area contributed by atoms with Crippen molar-refractivity contribution in [3.05, 3.63) is 41.6 Å². The molecule has 0 saturated heterocycles. The molecular weight excluding hydrogens is 365 g/mol. The van der Waals surface area contributed by atoms with Gasteiger partial charge in [-0.15, -0.1) is 0 Å². The van der Waals surface area contributed by atoms with Gasteiger partial charge in [0.25, 0.3) is 0 Å². The van der Waals surface area contributed by atoms with Gasteiger partial charge in [-0.2, -0.15) is 0 Å². The molecule has 0 amide bonds. The maximum absolute atomic E-state index is 13.5. The van der Waals surface area contributed by atoms with Crippen LogP contribution in [0.15, 0.2) is 24.3 Å². The first-order valence-electron chi connectivity index (χ1n) is 11.0. The molecule has 1 unspecified atom stereocenters. The van der Waals surface area contributed by atoms with Crippen LogP contribution >= 0.6 is 0 Å². The van der Waals surface area contributed by atoms with Gasteiger partial charge in [0.1, 0.15) is 11.6 Å². The van der Waals surface area contributed by atoms with Gasteiger partial charge in [0, 0.05) is 29.1 Å². The summed E-state index contributed by atoms with van der Waals surface area (Å²) >= 11 is 0. The molecule has 1 fully saturated rings.